The Morgan fingerprint density at radius 3 is 2.63 bits per heavy atom. The number of thioether (sulfide) groups is 1. The van der Waals surface area contributed by atoms with Crippen LogP contribution >= 0.6 is 24.0 Å². The molecule has 7 heteroatoms. The first kappa shape index (κ1) is 14.0. The van der Waals surface area contributed by atoms with Gasteiger partial charge in [0.1, 0.15) is 16.7 Å². The molecule has 1 aromatic carbocycles. The Morgan fingerprint density at radius 1 is 1.47 bits per heavy atom. The second-order valence-electron chi connectivity index (χ2n) is 4.01. The van der Waals surface area contributed by atoms with Gasteiger partial charge < -0.3 is 5.32 Å². The maximum atomic E-state index is 12.7. The van der Waals surface area contributed by atoms with E-state index < -0.39 is 0 Å². The van der Waals surface area contributed by atoms with Crippen LogP contribution in [0.1, 0.15) is 6.92 Å². The molecule has 1 aliphatic rings. The summed E-state index contributed by atoms with van der Waals surface area (Å²) in [5.41, 5.74) is 0.477. The normalized spacial score (nSPS) is 18.8. The molecule has 0 saturated carbocycles. The minimum atomic E-state index is -0.376. The Kier molecular flexibility index (Phi) is 4.16. The van der Waals surface area contributed by atoms with Gasteiger partial charge in [-0.25, -0.2) is 4.39 Å². The summed E-state index contributed by atoms with van der Waals surface area (Å²) in [6.07, 6.45) is 0. The van der Waals surface area contributed by atoms with Gasteiger partial charge in [0.25, 0.3) is 0 Å². The number of carbonyl (C=O) groups excluding carboxylic acids is 2. The predicted molar refractivity (Wildman–Crippen MR) is 76.4 cm³/mol. The van der Waals surface area contributed by atoms with Gasteiger partial charge in [-0.3, -0.25) is 14.5 Å². The van der Waals surface area contributed by atoms with Crippen LogP contribution in [0.5, 0.6) is 0 Å². The van der Waals surface area contributed by atoms with E-state index in [4.69, 9.17) is 12.2 Å². The van der Waals surface area contributed by atoms with Crippen molar-refractivity contribution < 1.29 is 14.0 Å². The fourth-order valence-electron chi connectivity index (χ4n) is 1.59. The third-order valence-electron chi connectivity index (χ3n) is 2.54. The summed E-state index contributed by atoms with van der Waals surface area (Å²) in [7, 11) is 0. The van der Waals surface area contributed by atoms with Crippen molar-refractivity contribution in [3.05, 3.63) is 30.1 Å². The fraction of sp³-hybridized carbons (Fsp3) is 0.250. The van der Waals surface area contributed by atoms with E-state index in [1.165, 1.54) is 40.9 Å². The molecular weight excluding hydrogens is 287 g/mol. The highest BCUT2D eigenvalue weighted by molar-refractivity contribution is 8.24. The second-order valence-corrected chi connectivity index (χ2v) is 5.98. The van der Waals surface area contributed by atoms with Gasteiger partial charge in [0.05, 0.1) is 5.25 Å². The molecule has 4 nitrogen and oxygen atoms in total. The number of carbonyl (C=O) groups is 2. The van der Waals surface area contributed by atoms with Crippen LogP contribution in [-0.2, 0) is 9.59 Å². The highest BCUT2D eigenvalue weighted by atomic mass is 32.2. The molecule has 0 bridgehead atoms. The van der Waals surface area contributed by atoms with E-state index in [9.17, 15) is 14.0 Å². The largest absolute Gasteiger partial charge is 0.325 e. The van der Waals surface area contributed by atoms with E-state index in [1.54, 1.807) is 6.92 Å². The molecule has 0 aromatic heterocycles. The first-order valence-electron chi connectivity index (χ1n) is 5.55. The molecule has 1 aromatic rings. The summed E-state index contributed by atoms with van der Waals surface area (Å²) < 4.78 is 13.1. The topological polar surface area (TPSA) is 49.4 Å². The SMILES string of the molecule is CC1SC(=S)N(CC(=O)Nc2ccc(F)cc2)C1=O. The molecule has 2 amide bonds. The third kappa shape index (κ3) is 3.30. The quantitative estimate of drug-likeness (QED) is 0.867. The first-order chi connectivity index (χ1) is 8.97. The van der Waals surface area contributed by atoms with Crippen molar-refractivity contribution in [1.82, 2.24) is 4.90 Å². The van der Waals surface area contributed by atoms with Gasteiger partial charge in [0.2, 0.25) is 11.8 Å². The van der Waals surface area contributed by atoms with Gasteiger partial charge in [0.15, 0.2) is 0 Å². The van der Waals surface area contributed by atoms with Gasteiger partial charge in [-0.05, 0) is 31.2 Å². The average Bonchev–Trinajstić information content (AvgIpc) is 2.59. The zero-order chi connectivity index (χ0) is 14.0. The van der Waals surface area contributed by atoms with E-state index in [0.29, 0.717) is 10.0 Å². The number of halogens is 1. The lowest BCUT2D eigenvalue weighted by Crippen LogP contribution is -2.37. The lowest BCUT2D eigenvalue weighted by molar-refractivity contribution is -0.129. The van der Waals surface area contributed by atoms with E-state index in [0.717, 1.165) is 0 Å². The van der Waals surface area contributed by atoms with E-state index in [1.807, 2.05) is 0 Å². The van der Waals surface area contributed by atoms with E-state index in [2.05, 4.69) is 5.32 Å². The number of amides is 2. The van der Waals surface area contributed by atoms with Gasteiger partial charge >= 0.3 is 0 Å². The Morgan fingerprint density at radius 2 is 2.11 bits per heavy atom. The molecule has 100 valence electrons. The number of nitrogens with one attached hydrogen (secondary N) is 1. The number of hydrogen-bond acceptors (Lipinski definition) is 4. The van der Waals surface area contributed by atoms with Crippen molar-refractivity contribution in [3.63, 3.8) is 0 Å². The minimum absolute atomic E-state index is 0.119. The fourth-order valence-corrected chi connectivity index (χ4v) is 2.99. The van der Waals surface area contributed by atoms with Crippen LogP contribution in [0, 0.1) is 5.82 Å². The first-order valence-corrected chi connectivity index (χ1v) is 6.83. The third-order valence-corrected chi connectivity index (χ3v) is 4.03. The highest BCUT2D eigenvalue weighted by Gasteiger charge is 2.34. The molecular formula is C12H11FN2O2S2. The van der Waals surface area contributed by atoms with Gasteiger partial charge in [-0.15, -0.1) is 0 Å². The zero-order valence-corrected chi connectivity index (χ0v) is 11.7. The van der Waals surface area contributed by atoms with Crippen LogP contribution in [0.25, 0.3) is 0 Å². The average molecular weight is 298 g/mol. The maximum Gasteiger partial charge on any atom is 0.244 e. The number of rotatable bonds is 3. The molecule has 1 N–H and O–H groups in total. The lowest BCUT2D eigenvalue weighted by atomic mass is 10.3. The minimum Gasteiger partial charge on any atom is -0.325 e. The zero-order valence-electron chi connectivity index (χ0n) is 10.1. The Hall–Kier alpha value is -1.47. The van der Waals surface area contributed by atoms with Gasteiger partial charge in [0, 0.05) is 5.69 Å². The summed E-state index contributed by atoms with van der Waals surface area (Å²) >= 11 is 6.30. The summed E-state index contributed by atoms with van der Waals surface area (Å²) in [6, 6.07) is 5.40. The summed E-state index contributed by atoms with van der Waals surface area (Å²) in [5.74, 6) is -0.902. The molecule has 1 saturated heterocycles. The summed E-state index contributed by atoms with van der Waals surface area (Å²) in [4.78, 5) is 24.8. The van der Waals surface area contributed by atoms with E-state index in [-0.39, 0.29) is 29.4 Å². The second kappa shape index (κ2) is 5.66. The van der Waals surface area contributed by atoms with Gasteiger partial charge in [-0.1, -0.05) is 24.0 Å². The van der Waals surface area contributed by atoms with Crippen LogP contribution in [0.4, 0.5) is 10.1 Å². The number of thiocarbonyl (C=S) groups is 1. The summed E-state index contributed by atoms with van der Waals surface area (Å²) in [6.45, 7) is 1.63. The number of anilines is 1. The molecule has 1 fully saturated rings. The van der Waals surface area contributed by atoms with Crippen LogP contribution in [0.15, 0.2) is 24.3 Å². The molecule has 1 heterocycles. The lowest BCUT2D eigenvalue weighted by Gasteiger charge is -2.14. The maximum absolute atomic E-state index is 12.7. The van der Waals surface area contributed by atoms with E-state index >= 15 is 0 Å². The highest BCUT2D eigenvalue weighted by Crippen LogP contribution is 2.26. The smallest absolute Gasteiger partial charge is 0.244 e. The molecule has 0 radical (unpaired) electrons. The summed E-state index contributed by atoms with van der Waals surface area (Å²) in [5, 5.41) is 2.34. The van der Waals surface area contributed by atoms with Gasteiger partial charge in [-0.2, -0.15) is 0 Å². The monoisotopic (exact) mass is 298 g/mol. The van der Waals surface area contributed by atoms with Crippen LogP contribution < -0.4 is 5.32 Å². The van der Waals surface area contributed by atoms with Crippen LogP contribution in [0.3, 0.4) is 0 Å². The van der Waals surface area contributed by atoms with Crippen molar-refractivity contribution in [3.8, 4) is 0 Å². The Bertz CT molecular complexity index is 533. The predicted octanol–water partition coefficient (Wildman–Crippen LogP) is 2.01. The number of nitrogens with zero attached hydrogens (tertiary/aromatic N) is 1. The number of benzene rings is 1. The van der Waals surface area contributed by atoms with Crippen molar-refractivity contribution >= 4 is 45.8 Å². The standard InChI is InChI=1S/C12H11FN2O2S2/c1-7-11(17)15(12(18)19-7)6-10(16)14-9-4-2-8(13)3-5-9/h2-5,7H,6H2,1H3,(H,14,16). The Labute approximate surface area is 119 Å². The van der Waals surface area contributed by atoms with Crippen LogP contribution in [0.2, 0.25) is 0 Å². The molecule has 1 aliphatic heterocycles. The molecule has 1 unspecified atom stereocenters. The van der Waals surface area contributed by atoms with Crippen molar-refractivity contribution in [2.75, 3.05) is 11.9 Å². The van der Waals surface area contributed by atoms with Crippen molar-refractivity contribution in [2.45, 2.75) is 12.2 Å². The molecule has 2 rings (SSSR count). The molecule has 0 aliphatic carbocycles. The van der Waals surface area contributed by atoms with Crippen LogP contribution in [-0.4, -0.2) is 32.8 Å². The van der Waals surface area contributed by atoms with Crippen molar-refractivity contribution in [1.29, 1.82) is 0 Å². The molecule has 0 spiro atoms. The number of hydrogen-bond donors (Lipinski definition) is 1. The van der Waals surface area contributed by atoms with Crippen molar-refractivity contribution in [2.24, 2.45) is 0 Å². The molecule has 1 atom stereocenters. The molecule has 19 heavy (non-hydrogen) atoms. The Balaban J connectivity index is 1.96.